The molecule has 25 heavy (non-hydrogen) atoms. The Hall–Kier alpha value is -2.50. The number of hydrogen-bond acceptors (Lipinski definition) is 2. The Morgan fingerprint density at radius 3 is 2.56 bits per heavy atom. The number of carbonyl (C=O) groups excluding carboxylic acids is 1. The van der Waals surface area contributed by atoms with Gasteiger partial charge >= 0.3 is 6.18 Å². The van der Waals surface area contributed by atoms with Gasteiger partial charge in [-0.1, -0.05) is 35.9 Å². The summed E-state index contributed by atoms with van der Waals surface area (Å²) in [5, 5.41) is 2.80. The van der Waals surface area contributed by atoms with Crippen LogP contribution in [0.3, 0.4) is 0 Å². The van der Waals surface area contributed by atoms with Gasteiger partial charge in [-0.15, -0.1) is 0 Å². The minimum atomic E-state index is -4.42. The van der Waals surface area contributed by atoms with Crippen LogP contribution in [0, 0.1) is 6.92 Å². The average Bonchev–Trinajstić information content (AvgIpc) is 2.54. The van der Waals surface area contributed by atoms with E-state index in [4.69, 9.17) is 4.74 Å². The van der Waals surface area contributed by atoms with E-state index in [9.17, 15) is 18.0 Å². The second kappa shape index (κ2) is 7.59. The average molecular weight is 351 g/mol. The number of carbonyl (C=O) groups is 1. The van der Waals surface area contributed by atoms with Crippen molar-refractivity contribution in [3.8, 4) is 5.75 Å². The highest BCUT2D eigenvalue weighted by molar-refractivity contribution is 5.79. The lowest BCUT2D eigenvalue weighted by Gasteiger charge is -2.18. The summed E-state index contributed by atoms with van der Waals surface area (Å²) < 4.78 is 43.5. The number of alkyl halides is 3. The van der Waals surface area contributed by atoms with Crippen LogP contribution >= 0.6 is 0 Å². The molecule has 2 aromatic carbocycles. The molecule has 3 nitrogen and oxygen atoms in total. The van der Waals surface area contributed by atoms with Crippen LogP contribution in [-0.2, 0) is 17.4 Å². The van der Waals surface area contributed by atoms with Crippen LogP contribution in [0.2, 0.25) is 0 Å². The normalized spacial score (nSPS) is 12.6. The van der Waals surface area contributed by atoms with Gasteiger partial charge in [0.15, 0.2) is 0 Å². The molecule has 0 unspecified atom stereocenters. The van der Waals surface area contributed by atoms with Gasteiger partial charge in [0.2, 0.25) is 5.91 Å². The summed E-state index contributed by atoms with van der Waals surface area (Å²) in [7, 11) is 1.55. The predicted molar refractivity (Wildman–Crippen MR) is 89.4 cm³/mol. The van der Waals surface area contributed by atoms with Crippen molar-refractivity contribution in [3.63, 3.8) is 0 Å². The molecule has 1 amide bonds. The molecule has 2 aromatic rings. The first-order valence-electron chi connectivity index (χ1n) is 7.80. The largest absolute Gasteiger partial charge is 0.496 e. The molecule has 6 heteroatoms. The van der Waals surface area contributed by atoms with E-state index in [1.54, 1.807) is 14.0 Å². The van der Waals surface area contributed by atoms with Gasteiger partial charge in [0.05, 0.1) is 25.1 Å². The molecular weight excluding hydrogens is 331 g/mol. The molecule has 0 aromatic heterocycles. The third-order valence-electron chi connectivity index (χ3n) is 3.85. The highest BCUT2D eigenvalue weighted by Gasteiger charge is 2.30. The zero-order valence-electron chi connectivity index (χ0n) is 14.3. The molecule has 0 saturated heterocycles. The standard InChI is InChI=1S/C19H20F3NO2/c1-12-7-8-17(25-3)16(9-12)13(2)23-18(24)11-14-5-4-6-15(10-14)19(20,21)22/h4-10,13H,11H2,1-3H3,(H,23,24)/t13-/m1/s1. The first kappa shape index (κ1) is 18.8. The van der Waals surface area contributed by atoms with E-state index < -0.39 is 11.7 Å². The first-order chi connectivity index (χ1) is 11.7. The summed E-state index contributed by atoms with van der Waals surface area (Å²) >= 11 is 0. The van der Waals surface area contributed by atoms with Crippen molar-refractivity contribution >= 4 is 5.91 Å². The number of halogens is 3. The molecule has 0 aliphatic carbocycles. The second-order valence-corrected chi connectivity index (χ2v) is 5.91. The predicted octanol–water partition coefficient (Wildman–Crippen LogP) is 4.44. The summed E-state index contributed by atoms with van der Waals surface area (Å²) in [6.45, 7) is 3.74. The highest BCUT2D eigenvalue weighted by atomic mass is 19.4. The molecule has 0 aliphatic heterocycles. The Morgan fingerprint density at radius 1 is 1.20 bits per heavy atom. The molecule has 1 atom stereocenters. The SMILES string of the molecule is COc1ccc(C)cc1[C@@H](C)NC(=O)Cc1cccc(C(F)(F)F)c1. The number of aryl methyl sites for hydroxylation is 1. The number of methoxy groups -OCH3 is 1. The topological polar surface area (TPSA) is 38.3 Å². The molecule has 134 valence electrons. The number of rotatable bonds is 5. The molecule has 0 fully saturated rings. The van der Waals surface area contributed by atoms with Crippen molar-refractivity contribution in [2.75, 3.05) is 7.11 Å². The summed E-state index contributed by atoms with van der Waals surface area (Å²) in [5.74, 6) is 0.299. The maximum absolute atomic E-state index is 12.7. The van der Waals surface area contributed by atoms with Crippen molar-refractivity contribution in [1.29, 1.82) is 0 Å². The van der Waals surface area contributed by atoms with E-state index in [1.165, 1.54) is 12.1 Å². The zero-order valence-corrected chi connectivity index (χ0v) is 14.3. The molecular formula is C19H20F3NO2. The number of ether oxygens (including phenoxy) is 1. The Labute approximate surface area is 144 Å². The molecule has 0 heterocycles. The molecule has 0 spiro atoms. The van der Waals surface area contributed by atoms with Gasteiger partial charge in [-0.2, -0.15) is 13.2 Å². The van der Waals surface area contributed by atoms with Crippen LogP contribution in [0.1, 0.15) is 35.2 Å². The molecule has 0 saturated carbocycles. The lowest BCUT2D eigenvalue weighted by atomic mass is 10.0. The summed E-state index contributed by atoms with van der Waals surface area (Å²) in [6.07, 6.45) is -4.54. The third-order valence-corrected chi connectivity index (χ3v) is 3.85. The van der Waals surface area contributed by atoms with Crippen molar-refractivity contribution in [2.24, 2.45) is 0 Å². The van der Waals surface area contributed by atoms with E-state index in [0.29, 0.717) is 11.3 Å². The van der Waals surface area contributed by atoms with Gasteiger partial charge in [0.25, 0.3) is 0 Å². The van der Waals surface area contributed by atoms with E-state index >= 15 is 0 Å². The van der Waals surface area contributed by atoms with E-state index in [1.807, 2.05) is 25.1 Å². The van der Waals surface area contributed by atoms with Gasteiger partial charge in [0, 0.05) is 5.56 Å². The highest BCUT2D eigenvalue weighted by Crippen LogP contribution is 2.30. The Kier molecular flexibility index (Phi) is 5.72. The van der Waals surface area contributed by atoms with Gasteiger partial charge < -0.3 is 10.1 Å². The van der Waals surface area contributed by atoms with Crippen LogP contribution < -0.4 is 10.1 Å². The van der Waals surface area contributed by atoms with Gasteiger partial charge in [0.1, 0.15) is 5.75 Å². The van der Waals surface area contributed by atoms with Gasteiger partial charge in [-0.3, -0.25) is 4.79 Å². The van der Waals surface area contributed by atoms with Crippen molar-refractivity contribution in [3.05, 3.63) is 64.7 Å². The summed E-state index contributed by atoms with van der Waals surface area (Å²) in [6, 6.07) is 10.1. The maximum Gasteiger partial charge on any atom is 0.416 e. The Bertz CT molecular complexity index is 757. The summed E-state index contributed by atoms with van der Waals surface area (Å²) in [5.41, 5.74) is 1.40. The van der Waals surface area contributed by atoms with E-state index in [0.717, 1.165) is 23.3 Å². The van der Waals surface area contributed by atoms with Crippen LogP contribution in [0.4, 0.5) is 13.2 Å². The lowest BCUT2D eigenvalue weighted by molar-refractivity contribution is -0.137. The lowest BCUT2D eigenvalue weighted by Crippen LogP contribution is -2.28. The van der Waals surface area contributed by atoms with Gasteiger partial charge in [-0.25, -0.2) is 0 Å². The minimum absolute atomic E-state index is 0.123. The fourth-order valence-corrected chi connectivity index (χ4v) is 2.61. The van der Waals surface area contributed by atoms with Crippen LogP contribution in [0.15, 0.2) is 42.5 Å². The second-order valence-electron chi connectivity index (χ2n) is 5.91. The number of nitrogens with one attached hydrogen (secondary N) is 1. The van der Waals surface area contributed by atoms with Crippen LogP contribution in [0.25, 0.3) is 0 Å². The smallest absolute Gasteiger partial charge is 0.416 e. The number of hydrogen-bond donors (Lipinski definition) is 1. The maximum atomic E-state index is 12.7. The molecule has 0 aliphatic rings. The third kappa shape index (κ3) is 4.98. The summed E-state index contributed by atoms with van der Waals surface area (Å²) in [4.78, 5) is 12.2. The Morgan fingerprint density at radius 2 is 1.92 bits per heavy atom. The first-order valence-corrected chi connectivity index (χ1v) is 7.80. The molecule has 0 bridgehead atoms. The van der Waals surface area contributed by atoms with Crippen molar-refractivity contribution in [2.45, 2.75) is 32.5 Å². The molecule has 0 radical (unpaired) electrons. The van der Waals surface area contributed by atoms with Crippen molar-refractivity contribution < 1.29 is 22.7 Å². The van der Waals surface area contributed by atoms with Crippen molar-refractivity contribution in [1.82, 2.24) is 5.32 Å². The van der Waals surface area contributed by atoms with Crippen LogP contribution in [-0.4, -0.2) is 13.0 Å². The molecule has 1 N–H and O–H groups in total. The molecule has 2 rings (SSSR count). The van der Waals surface area contributed by atoms with E-state index in [2.05, 4.69) is 5.32 Å². The Balaban J connectivity index is 2.09. The van der Waals surface area contributed by atoms with Crippen LogP contribution in [0.5, 0.6) is 5.75 Å². The fourth-order valence-electron chi connectivity index (χ4n) is 2.61. The number of benzene rings is 2. The zero-order chi connectivity index (χ0) is 18.6. The minimum Gasteiger partial charge on any atom is -0.496 e. The van der Waals surface area contributed by atoms with E-state index in [-0.39, 0.29) is 18.4 Å². The number of amides is 1. The van der Waals surface area contributed by atoms with Gasteiger partial charge in [-0.05, 0) is 31.5 Å². The quantitative estimate of drug-likeness (QED) is 0.865. The fraction of sp³-hybridized carbons (Fsp3) is 0.316. The monoisotopic (exact) mass is 351 g/mol.